The van der Waals surface area contributed by atoms with Gasteiger partial charge in [-0.15, -0.1) is 0 Å². The summed E-state index contributed by atoms with van der Waals surface area (Å²) in [5.74, 6) is -0.334. The van der Waals surface area contributed by atoms with Crippen molar-refractivity contribution in [3.63, 3.8) is 0 Å². The van der Waals surface area contributed by atoms with E-state index in [4.69, 9.17) is 4.74 Å². The molecular formula is C15H26O4. The van der Waals surface area contributed by atoms with E-state index in [9.17, 15) is 15.3 Å². The first kappa shape index (κ1) is 13.8. The lowest BCUT2D eigenvalue weighted by atomic mass is 9.72. The highest BCUT2D eigenvalue weighted by Gasteiger charge is 2.71. The van der Waals surface area contributed by atoms with Gasteiger partial charge < -0.3 is 20.1 Å². The standard InChI is InChI=1S/C15H26O4/c1-11(2)14(17)7-6-13(4,19-11)15(18)8-5-12(3,16)10(15)9-14/h10,16-18H,5-9H2,1-4H3. The Balaban J connectivity index is 2.15. The van der Waals surface area contributed by atoms with Crippen LogP contribution in [0.4, 0.5) is 0 Å². The van der Waals surface area contributed by atoms with Crippen LogP contribution >= 0.6 is 0 Å². The van der Waals surface area contributed by atoms with Gasteiger partial charge >= 0.3 is 0 Å². The van der Waals surface area contributed by atoms with Crippen LogP contribution in [0.5, 0.6) is 0 Å². The van der Waals surface area contributed by atoms with Crippen LogP contribution in [0, 0.1) is 5.92 Å². The van der Waals surface area contributed by atoms with Gasteiger partial charge in [0.05, 0.1) is 28.0 Å². The summed E-state index contributed by atoms with van der Waals surface area (Å²) in [6.45, 7) is 7.50. The molecule has 5 atom stereocenters. The zero-order chi connectivity index (χ0) is 14.3. The van der Waals surface area contributed by atoms with Crippen molar-refractivity contribution in [2.24, 2.45) is 5.92 Å². The molecule has 0 radical (unpaired) electrons. The minimum absolute atomic E-state index is 0.334. The van der Waals surface area contributed by atoms with Crippen LogP contribution in [0.3, 0.4) is 0 Å². The Labute approximate surface area is 114 Å². The Morgan fingerprint density at radius 1 is 0.895 bits per heavy atom. The van der Waals surface area contributed by atoms with Crippen LogP contribution in [0.2, 0.25) is 0 Å². The van der Waals surface area contributed by atoms with Crippen LogP contribution in [-0.2, 0) is 4.74 Å². The lowest BCUT2D eigenvalue weighted by molar-refractivity contribution is -0.283. The maximum atomic E-state index is 11.2. The Morgan fingerprint density at radius 2 is 1.53 bits per heavy atom. The summed E-state index contributed by atoms with van der Waals surface area (Å²) in [6, 6.07) is 0. The topological polar surface area (TPSA) is 69.9 Å². The minimum atomic E-state index is -1.05. The van der Waals surface area contributed by atoms with E-state index >= 15 is 0 Å². The minimum Gasteiger partial charge on any atom is -0.390 e. The Hall–Kier alpha value is -0.160. The molecule has 0 spiro atoms. The number of rotatable bonds is 0. The van der Waals surface area contributed by atoms with Gasteiger partial charge in [-0.1, -0.05) is 0 Å². The summed E-state index contributed by atoms with van der Waals surface area (Å²) in [4.78, 5) is 0. The maximum Gasteiger partial charge on any atom is 0.0991 e. The molecule has 2 saturated heterocycles. The number of hydrogen-bond donors (Lipinski definition) is 3. The molecule has 3 N–H and O–H groups in total. The van der Waals surface area contributed by atoms with Crippen molar-refractivity contribution in [2.45, 2.75) is 87.8 Å². The molecule has 2 bridgehead atoms. The molecule has 4 rings (SSSR count). The third-order valence-electron chi connectivity index (χ3n) is 6.41. The maximum absolute atomic E-state index is 11.2. The van der Waals surface area contributed by atoms with Crippen molar-refractivity contribution in [1.82, 2.24) is 0 Å². The van der Waals surface area contributed by atoms with Gasteiger partial charge in [0.25, 0.3) is 0 Å². The van der Waals surface area contributed by atoms with E-state index < -0.39 is 28.0 Å². The van der Waals surface area contributed by atoms with Crippen LogP contribution in [0.15, 0.2) is 0 Å². The highest BCUT2D eigenvalue weighted by Crippen LogP contribution is 2.62. The highest BCUT2D eigenvalue weighted by atomic mass is 16.6. The van der Waals surface area contributed by atoms with E-state index in [1.807, 2.05) is 20.8 Å². The molecule has 5 unspecified atom stereocenters. The zero-order valence-electron chi connectivity index (χ0n) is 12.4. The van der Waals surface area contributed by atoms with Gasteiger partial charge in [0.2, 0.25) is 0 Å². The Kier molecular flexibility index (Phi) is 2.44. The molecule has 0 amide bonds. The molecule has 19 heavy (non-hydrogen) atoms. The predicted molar refractivity (Wildman–Crippen MR) is 70.7 cm³/mol. The van der Waals surface area contributed by atoms with E-state index in [1.54, 1.807) is 6.92 Å². The second-order valence-corrected chi connectivity index (χ2v) is 7.91. The van der Waals surface area contributed by atoms with E-state index in [1.165, 1.54) is 0 Å². The van der Waals surface area contributed by atoms with Crippen LogP contribution in [0.25, 0.3) is 0 Å². The van der Waals surface area contributed by atoms with Gasteiger partial charge in [-0.3, -0.25) is 0 Å². The molecular weight excluding hydrogens is 244 g/mol. The van der Waals surface area contributed by atoms with Gasteiger partial charge in [-0.25, -0.2) is 0 Å². The molecule has 4 fully saturated rings. The fourth-order valence-corrected chi connectivity index (χ4v) is 4.77. The Bertz CT molecular complexity index is 418. The fraction of sp³-hybridized carbons (Fsp3) is 1.00. The first-order valence-electron chi connectivity index (χ1n) is 7.33. The van der Waals surface area contributed by atoms with E-state index in [2.05, 4.69) is 0 Å². The average molecular weight is 270 g/mol. The van der Waals surface area contributed by atoms with Crippen LogP contribution < -0.4 is 0 Å². The zero-order valence-corrected chi connectivity index (χ0v) is 12.4. The SMILES string of the molecule is CC1(O)CCC2(O)C1CC1(O)CCC2(C)OC1(C)C. The van der Waals surface area contributed by atoms with Crippen molar-refractivity contribution in [1.29, 1.82) is 0 Å². The van der Waals surface area contributed by atoms with Gasteiger partial charge in [-0.2, -0.15) is 0 Å². The molecule has 2 heterocycles. The molecule has 2 saturated carbocycles. The monoisotopic (exact) mass is 270 g/mol. The number of hydrogen-bond acceptors (Lipinski definition) is 4. The molecule has 4 aliphatic rings. The van der Waals surface area contributed by atoms with Crippen molar-refractivity contribution >= 4 is 0 Å². The number of ether oxygens (including phenoxy) is 1. The average Bonchev–Trinajstić information content (AvgIpc) is 2.41. The predicted octanol–water partition coefficient (Wildman–Crippen LogP) is 1.36. The quantitative estimate of drug-likeness (QED) is 0.621. The highest BCUT2D eigenvalue weighted by molar-refractivity contribution is 5.22. The normalized spacial score (nSPS) is 59.8. The van der Waals surface area contributed by atoms with Crippen LogP contribution in [-0.4, -0.2) is 43.3 Å². The first-order chi connectivity index (χ1) is 8.46. The summed E-state index contributed by atoms with van der Waals surface area (Å²) in [5.41, 5.74) is -4.34. The third kappa shape index (κ3) is 1.49. The summed E-state index contributed by atoms with van der Waals surface area (Å²) in [6.07, 6.45) is 2.75. The second kappa shape index (κ2) is 3.35. The molecule has 0 aromatic rings. The van der Waals surface area contributed by atoms with Crippen molar-refractivity contribution in [3.05, 3.63) is 0 Å². The van der Waals surface area contributed by atoms with E-state index in [-0.39, 0.29) is 5.92 Å². The summed E-state index contributed by atoms with van der Waals surface area (Å²) < 4.78 is 6.19. The van der Waals surface area contributed by atoms with E-state index in [0.29, 0.717) is 32.1 Å². The number of aliphatic hydroxyl groups is 3. The molecule has 0 aromatic carbocycles. The lowest BCUT2D eigenvalue weighted by Gasteiger charge is -2.53. The van der Waals surface area contributed by atoms with Crippen molar-refractivity contribution in [2.75, 3.05) is 0 Å². The molecule has 4 nitrogen and oxygen atoms in total. The summed E-state index contributed by atoms with van der Waals surface area (Å²) >= 11 is 0. The van der Waals surface area contributed by atoms with Crippen molar-refractivity contribution < 1.29 is 20.1 Å². The molecule has 2 aliphatic heterocycles. The molecule has 4 heteroatoms. The van der Waals surface area contributed by atoms with Crippen LogP contribution in [0.1, 0.15) is 59.8 Å². The lowest BCUT2D eigenvalue weighted by Crippen LogP contribution is -2.63. The fourth-order valence-electron chi connectivity index (χ4n) is 4.77. The van der Waals surface area contributed by atoms with Crippen molar-refractivity contribution in [3.8, 4) is 0 Å². The molecule has 110 valence electrons. The smallest absolute Gasteiger partial charge is 0.0991 e. The van der Waals surface area contributed by atoms with Gasteiger partial charge in [0.15, 0.2) is 0 Å². The molecule has 0 aromatic heterocycles. The summed E-state index contributed by atoms with van der Waals surface area (Å²) in [7, 11) is 0. The van der Waals surface area contributed by atoms with Gasteiger partial charge in [0.1, 0.15) is 0 Å². The first-order valence-corrected chi connectivity index (χ1v) is 7.33. The second-order valence-electron chi connectivity index (χ2n) is 7.91. The molecule has 2 aliphatic carbocycles. The summed E-state index contributed by atoms with van der Waals surface area (Å²) in [5, 5.41) is 32.8. The largest absolute Gasteiger partial charge is 0.390 e. The third-order valence-corrected chi connectivity index (χ3v) is 6.41. The Morgan fingerprint density at radius 3 is 2.11 bits per heavy atom. The number of fused-ring (bicyclic) bond motifs is 2. The van der Waals surface area contributed by atoms with Gasteiger partial charge in [0, 0.05) is 5.92 Å². The van der Waals surface area contributed by atoms with E-state index in [0.717, 1.165) is 0 Å². The van der Waals surface area contributed by atoms with Gasteiger partial charge in [-0.05, 0) is 59.8 Å².